The van der Waals surface area contributed by atoms with E-state index in [0.29, 0.717) is 6.61 Å². The van der Waals surface area contributed by atoms with Crippen LogP contribution in [0.2, 0.25) is 0 Å². The molecule has 0 amide bonds. The van der Waals surface area contributed by atoms with Crippen LogP contribution < -0.4 is 0 Å². The Morgan fingerprint density at radius 2 is 2.25 bits per heavy atom. The van der Waals surface area contributed by atoms with Gasteiger partial charge in [0.05, 0.1) is 13.2 Å². The van der Waals surface area contributed by atoms with Crippen LogP contribution in [0.1, 0.15) is 6.42 Å². The van der Waals surface area contributed by atoms with Gasteiger partial charge in [0.1, 0.15) is 5.76 Å². The van der Waals surface area contributed by atoms with Crippen molar-refractivity contribution in [2.75, 3.05) is 13.2 Å². The first-order valence-electron chi connectivity index (χ1n) is 4.06. The maximum absolute atomic E-state index is 9.03. The summed E-state index contributed by atoms with van der Waals surface area (Å²) in [5, 5.41) is 9.03. The highest BCUT2D eigenvalue weighted by Gasteiger charge is 2.19. The standard InChI is InChI=1S/C10H14O2/c1-3-9-8(7-11)5-6-12-10(9)4-2/h3-4,8,11H,1-2,5-7H2. The quantitative estimate of drug-likeness (QED) is 0.690. The van der Waals surface area contributed by atoms with Gasteiger partial charge in [-0.25, -0.2) is 0 Å². The van der Waals surface area contributed by atoms with Crippen molar-refractivity contribution in [1.29, 1.82) is 0 Å². The fraction of sp³-hybridized carbons (Fsp3) is 0.400. The molecule has 0 saturated carbocycles. The van der Waals surface area contributed by atoms with Crippen molar-refractivity contribution in [2.45, 2.75) is 6.42 Å². The minimum atomic E-state index is 0.155. The van der Waals surface area contributed by atoms with Gasteiger partial charge in [-0.1, -0.05) is 19.2 Å². The summed E-state index contributed by atoms with van der Waals surface area (Å²) in [5.41, 5.74) is 0.971. The lowest BCUT2D eigenvalue weighted by atomic mass is 9.93. The van der Waals surface area contributed by atoms with Crippen LogP contribution in [0, 0.1) is 5.92 Å². The van der Waals surface area contributed by atoms with E-state index >= 15 is 0 Å². The molecule has 12 heavy (non-hydrogen) atoms. The molecule has 0 aromatic carbocycles. The summed E-state index contributed by atoms with van der Waals surface area (Å²) in [5.74, 6) is 0.930. The summed E-state index contributed by atoms with van der Waals surface area (Å²) in [4.78, 5) is 0. The van der Waals surface area contributed by atoms with Crippen LogP contribution in [0.25, 0.3) is 0 Å². The third-order valence-corrected chi connectivity index (χ3v) is 2.07. The molecule has 0 spiro atoms. The summed E-state index contributed by atoms with van der Waals surface area (Å²) in [6.45, 7) is 8.13. The summed E-state index contributed by atoms with van der Waals surface area (Å²) in [6, 6.07) is 0. The van der Waals surface area contributed by atoms with Gasteiger partial charge >= 0.3 is 0 Å². The van der Waals surface area contributed by atoms with Crippen LogP contribution in [-0.2, 0) is 4.74 Å². The van der Waals surface area contributed by atoms with Crippen LogP contribution >= 0.6 is 0 Å². The summed E-state index contributed by atoms with van der Waals surface area (Å²) < 4.78 is 5.34. The van der Waals surface area contributed by atoms with E-state index in [0.717, 1.165) is 17.8 Å². The first-order valence-corrected chi connectivity index (χ1v) is 4.06. The lowest BCUT2D eigenvalue weighted by Gasteiger charge is -2.24. The van der Waals surface area contributed by atoms with Crippen LogP contribution in [-0.4, -0.2) is 18.3 Å². The first-order chi connectivity index (χ1) is 5.83. The van der Waals surface area contributed by atoms with Crippen molar-refractivity contribution in [3.05, 3.63) is 36.6 Å². The number of aliphatic hydroxyl groups is 1. The maximum Gasteiger partial charge on any atom is 0.122 e. The Morgan fingerprint density at radius 3 is 2.75 bits per heavy atom. The second kappa shape index (κ2) is 4.12. The number of rotatable bonds is 3. The van der Waals surface area contributed by atoms with Gasteiger partial charge in [-0.15, -0.1) is 0 Å². The molecule has 1 heterocycles. The molecule has 1 atom stereocenters. The van der Waals surface area contributed by atoms with Crippen molar-refractivity contribution in [1.82, 2.24) is 0 Å². The van der Waals surface area contributed by atoms with E-state index in [1.54, 1.807) is 12.2 Å². The average Bonchev–Trinajstić information content (AvgIpc) is 2.16. The van der Waals surface area contributed by atoms with Gasteiger partial charge in [0, 0.05) is 5.92 Å². The van der Waals surface area contributed by atoms with Gasteiger partial charge in [0.2, 0.25) is 0 Å². The maximum atomic E-state index is 9.03. The zero-order valence-electron chi connectivity index (χ0n) is 7.12. The number of allylic oxidation sites excluding steroid dienone is 2. The molecule has 2 nitrogen and oxygen atoms in total. The molecular formula is C10H14O2. The van der Waals surface area contributed by atoms with Crippen LogP contribution in [0.4, 0.5) is 0 Å². The van der Waals surface area contributed by atoms with Crippen LogP contribution in [0.15, 0.2) is 36.6 Å². The molecular weight excluding hydrogens is 152 g/mol. The van der Waals surface area contributed by atoms with Gasteiger partial charge in [-0.05, 0) is 18.1 Å². The van der Waals surface area contributed by atoms with Crippen molar-refractivity contribution in [3.63, 3.8) is 0 Å². The number of hydrogen-bond donors (Lipinski definition) is 1. The monoisotopic (exact) mass is 166 g/mol. The van der Waals surface area contributed by atoms with Crippen molar-refractivity contribution in [2.24, 2.45) is 5.92 Å². The van der Waals surface area contributed by atoms with Crippen molar-refractivity contribution in [3.8, 4) is 0 Å². The second-order valence-electron chi connectivity index (χ2n) is 2.74. The second-order valence-corrected chi connectivity index (χ2v) is 2.74. The molecule has 0 bridgehead atoms. The highest BCUT2D eigenvalue weighted by molar-refractivity contribution is 5.30. The molecule has 1 aliphatic heterocycles. The van der Waals surface area contributed by atoms with E-state index in [-0.39, 0.29) is 12.5 Å². The molecule has 1 unspecified atom stereocenters. The van der Waals surface area contributed by atoms with E-state index in [4.69, 9.17) is 9.84 Å². The Bertz CT molecular complexity index is 216. The Hall–Kier alpha value is -1.02. The third-order valence-electron chi connectivity index (χ3n) is 2.07. The lowest BCUT2D eigenvalue weighted by Crippen LogP contribution is -2.18. The van der Waals surface area contributed by atoms with Crippen molar-refractivity contribution < 1.29 is 9.84 Å². The topological polar surface area (TPSA) is 29.5 Å². The fourth-order valence-electron chi connectivity index (χ4n) is 1.38. The normalized spacial score (nSPS) is 23.2. The SMILES string of the molecule is C=CC1=C(C=C)C(CO)CCO1. The van der Waals surface area contributed by atoms with E-state index in [2.05, 4.69) is 13.2 Å². The third kappa shape index (κ3) is 1.59. The Labute approximate surface area is 72.9 Å². The van der Waals surface area contributed by atoms with Crippen LogP contribution in [0.5, 0.6) is 0 Å². The Kier molecular flexibility index (Phi) is 3.11. The number of ether oxygens (including phenoxy) is 1. The average molecular weight is 166 g/mol. The molecule has 0 aromatic rings. The molecule has 2 heteroatoms. The van der Waals surface area contributed by atoms with Gasteiger partial charge in [0.25, 0.3) is 0 Å². The minimum Gasteiger partial charge on any atom is -0.493 e. The Morgan fingerprint density at radius 1 is 1.50 bits per heavy atom. The Balaban J connectivity index is 2.92. The lowest BCUT2D eigenvalue weighted by molar-refractivity contribution is 0.146. The zero-order chi connectivity index (χ0) is 8.97. The highest BCUT2D eigenvalue weighted by Crippen LogP contribution is 2.26. The molecule has 0 radical (unpaired) electrons. The van der Waals surface area contributed by atoms with Gasteiger partial charge in [0.15, 0.2) is 0 Å². The summed E-state index contributed by atoms with van der Waals surface area (Å²) in [6.07, 6.45) is 4.26. The largest absolute Gasteiger partial charge is 0.493 e. The molecule has 0 aliphatic carbocycles. The minimum absolute atomic E-state index is 0.155. The van der Waals surface area contributed by atoms with E-state index in [1.165, 1.54) is 0 Å². The zero-order valence-corrected chi connectivity index (χ0v) is 7.12. The van der Waals surface area contributed by atoms with Gasteiger partial charge in [-0.2, -0.15) is 0 Å². The summed E-state index contributed by atoms with van der Waals surface area (Å²) >= 11 is 0. The predicted molar refractivity (Wildman–Crippen MR) is 48.6 cm³/mol. The number of hydrogen-bond acceptors (Lipinski definition) is 2. The van der Waals surface area contributed by atoms with Gasteiger partial charge < -0.3 is 9.84 Å². The van der Waals surface area contributed by atoms with Gasteiger partial charge in [-0.3, -0.25) is 0 Å². The predicted octanol–water partition coefficient (Wildman–Crippen LogP) is 1.64. The highest BCUT2D eigenvalue weighted by atomic mass is 16.5. The van der Waals surface area contributed by atoms with Crippen molar-refractivity contribution >= 4 is 0 Å². The molecule has 0 fully saturated rings. The molecule has 66 valence electrons. The molecule has 1 rings (SSSR count). The van der Waals surface area contributed by atoms with E-state index in [1.807, 2.05) is 0 Å². The molecule has 1 N–H and O–H groups in total. The van der Waals surface area contributed by atoms with E-state index in [9.17, 15) is 0 Å². The smallest absolute Gasteiger partial charge is 0.122 e. The summed E-state index contributed by atoms with van der Waals surface area (Å²) in [7, 11) is 0. The van der Waals surface area contributed by atoms with E-state index < -0.39 is 0 Å². The van der Waals surface area contributed by atoms with Crippen LogP contribution in [0.3, 0.4) is 0 Å². The molecule has 0 saturated heterocycles. The first kappa shape index (κ1) is 9.07. The molecule has 1 aliphatic rings. The fourth-order valence-corrected chi connectivity index (χ4v) is 1.38. The number of aliphatic hydroxyl groups excluding tert-OH is 1. The molecule has 0 aromatic heterocycles.